The van der Waals surface area contributed by atoms with Gasteiger partial charge in [0.1, 0.15) is 6.61 Å². The van der Waals surface area contributed by atoms with Crippen LogP contribution in [-0.2, 0) is 19.0 Å². The van der Waals surface area contributed by atoms with Crippen molar-refractivity contribution >= 4 is 5.97 Å². The molecule has 3 rings (SSSR count). The second-order valence-electron chi connectivity index (χ2n) is 5.79. The van der Waals surface area contributed by atoms with E-state index < -0.39 is 6.10 Å². The summed E-state index contributed by atoms with van der Waals surface area (Å²) in [6.45, 7) is 1.38. The molecule has 2 aliphatic carbocycles. The molecule has 5 atom stereocenters. The number of carbonyl (C=O) groups is 1. The van der Waals surface area contributed by atoms with E-state index in [1.807, 2.05) is 12.2 Å². The first-order valence-electron chi connectivity index (χ1n) is 7.52. The lowest BCUT2D eigenvalue weighted by atomic mass is 9.94. The highest BCUT2D eigenvalue weighted by molar-refractivity contribution is 5.74. The molecule has 5 nitrogen and oxygen atoms in total. The number of esters is 1. The van der Waals surface area contributed by atoms with Crippen molar-refractivity contribution in [2.24, 2.45) is 17.8 Å². The molecule has 0 radical (unpaired) electrons. The summed E-state index contributed by atoms with van der Waals surface area (Å²) in [5, 5.41) is 9.88. The molecule has 0 spiro atoms. The van der Waals surface area contributed by atoms with E-state index in [9.17, 15) is 9.90 Å². The van der Waals surface area contributed by atoms with Gasteiger partial charge < -0.3 is 19.3 Å². The smallest absolute Gasteiger partial charge is 0.309 e. The van der Waals surface area contributed by atoms with Crippen molar-refractivity contribution in [3.8, 4) is 0 Å². The van der Waals surface area contributed by atoms with Gasteiger partial charge in [-0.2, -0.15) is 0 Å². The van der Waals surface area contributed by atoms with E-state index >= 15 is 0 Å². The van der Waals surface area contributed by atoms with Crippen molar-refractivity contribution in [3.05, 3.63) is 12.2 Å². The normalized spacial score (nSPS) is 39.1. The van der Waals surface area contributed by atoms with Gasteiger partial charge in [-0.15, -0.1) is 0 Å². The molecular formula is C15H22O5. The van der Waals surface area contributed by atoms with Crippen LogP contribution in [0.1, 0.15) is 25.7 Å². The van der Waals surface area contributed by atoms with Gasteiger partial charge in [-0.3, -0.25) is 4.79 Å². The molecule has 0 aromatic carbocycles. The Morgan fingerprint density at radius 3 is 2.85 bits per heavy atom. The lowest BCUT2D eigenvalue weighted by Crippen LogP contribution is -2.27. The number of rotatable bonds is 5. The molecule has 0 aromatic heterocycles. The van der Waals surface area contributed by atoms with E-state index in [0.29, 0.717) is 13.0 Å². The summed E-state index contributed by atoms with van der Waals surface area (Å²) in [6, 6.07) is 0. The molecular weight excluding hydrogens is 260 g/mol. The zero-order valence-electron chi connectivity index (χ0n) is 11.6. The third-order valence-corrected chi connectivity index (χ3v) is 4.48. The zero-order chi connectivity index (χ0) is 13.9. The minimum atomic E-state index is -0.403. The maximum Gasteiger partial charge on any atom is 0.309 e. The van der Waals surface area contributed by atoms with Gasteiger partial charge in [0, 0.05) is 18.4 Å². The maximum absolute atomic E-state index is 12.0. The Hall–Kier alpha value is -0.910. The fourth-order valence-electron chi connectivity index (χ4n) is 3.35. The van der Waals surface area contributed by atoms with E-state index in [0.717, 1.165) is 25.9 Å². The minimum absolute atomic E-state index is 0.0601. The molecule has 5 heteroatoms. The van der Waals surface area contributed by atoms with Crippen LogP contribution in [0.3, 0.4) is 0 Å². The van der Waals surface area contributed by atoms with Crippen molar-refractivity contribution in [2.45, 2.75) is 38.1 Å². The molecule has 1 heterocycles. The van der Waals surface area contributed by atoms with Crippen molar-refractivity contribution in [1.82, 2.24) is 0 Å². The molecule has 1 saturated heterocycles. The predicted molar refractivity (Wildman–Crippen MR) is 70.7 cm³/mol. The van der Waals surface area contributed by atoms with Crippen molar-refractivity contribution in [2.75, 3.05) is 19.8 Å². The first-order valence-corrected chi connectivity index (χ1v) is 7.52. The Bertz CT molecular complexity index is 374. The Morgan fingerprint density at radius 2 is 2.20 bits per heavy atom. The molecule has 20 heavy (non-hydrogen) atoms. The quantitative estimate of drug-likeness (QED) is 0.467. The first kappa shape index (κ1) is 14.0. The highest BCUT2D eigenvalue weighted by Crippen LogP contribution is 2.44. The van der Waals surface area contributed by atoms with E-state index in [-0.39, 0.29) is 36.6 Å². The Labute approximate surface area is 118 Å². The van der Waals surface area contributed by atoms with Crippen LogP contribution < -0.4 is 0 Å². The van der Waals surface area contributed by atoms with Crippen molar-refractivity contribution in [1.29, 1.82) is 0 Å². The van der Waals surface area contributed by atoms with Crippen LogP contribution in [0.4, 0.5) is 0 Å². The highest BCUT2D eigenvalue weighted by Gasteiger charge is 2.47. The average molecular weight is 282 g/mol. The maximum atomic E-state index is 12.0. The molecule has 0 aromatic rings. The van der Waals surface area contributed by atoms with Gasteiger partial charge in [0.05, 0.1) is 18.6 Å². The second-order valence-corrected chi connectivity index (χ2v) is 5.79. The van der Waals surface area contributed by atoms with Crippen LogP contribution in [0.25, 0.3) is 0 Å². The summed E-state index contributed by atoms with van der Waals surface area (Å²) in [4.78, 5) is 12.0. The number of ether oxygens (including phenoxy) is 3. The minimum Gasteiger partial charge on any atom is -0.463 e. The predicted octanol–water partition coefficient (Wildman–Crippen LogP) is 1.26. The zero-order valence-corrected chi connectivity index (χ0v) is 11.6. The Morgan fingerprint density at radius 1 is 1.30 bits per heavy atom. The van der Waals surface area contributed by atoms with Crippen LogP contribution in [-0.4, -0.2) is 43.3 Å². The fourth-order valence-corrected chi connectivity index (χ4v) is 3.35. The molecule has 3 aliphatic rings. The molecule has 5 unspecified atom stereocenters. The average Bonchev–Trinajstić information content (AvgIpc) is 3.00. The van der Waals surface area contributed by atoms with Crippen LogP contribution in [0.15, 0.2) is 12.2 Å². The molecule has 2 fully saturated rings. The molecule has 1 N–H and O–H groups in total. The number of hydrogen-bond acceptors (Lipinski definition) is 5. The SMILES string of the molecule is O=C(OCCOC1CCCCO1)C1CC2C=CC1C2O. The molecule has 0 amide bonds. The van der Waals surface area contributed by atoms with Crippen LogP contribution in [0, 0.1) is 17.8 Å². The largest absolute Gasteiger partial charge is 0.463 e. The Balaban J connectivity index is 1.34. The van der Waals surface area contributed by atoms with Gasteiger partial charge in [0.2, 0.25) is 0 Å². The lowest BCUT2D eigenvalue weighted by Gasteiger charge is -2.23. The lowest BCUT2D eigenvalue weighted by molar-refractivity contribution is -0.175. The summed E-state index contributed by atoms with van der Waals surface area (Å²) < 4.78 is 16.2. The standard InChI is InChI=1S/C15H22O5/c16-14-10-4-5-11(14)12(9-10)15(17)20-8-7-19-13-3-1-2-6-18-13/h4-5,10-14,16H,1-3,6-9H2. The second kappa shape index (κ2) is 6.24. The molecule has 1 aliphatic heterocycles. The van der Waals surface area contributed by atoms with Crippen LogP contribution in [0.2, 0.25) is 0 Å². The van der Waals surface area contributed by atoms with Crippen LogP contribution in [0.5, 0.6) is 0 Å². The third-order valence-electron chi connectivity index (χ3n) is 4.48. The summed E-state index contributed by atoms with van der Waals surface area (Å²) >= 11 is 0. The summed E-state index contributed by atoms with van der Waals surface area (Å²) in [5.41, 5.74) is 0. The summed E-state index contributed by atoms with van der Waals surface area (Å²) in [5.74, 6) is -0.334. The number of fused-ring (bicyclic) bond motifs is 2. The Kier molecular flexibility index (Phi) is 4.38. The first-order chi connectivity index (χ1) is 9.75. The number of aliphatic hydroxyl groups is 1. The van der Waals surface area contributed by atoms with E-state index in [1.54, 1.807) is 0 Å². The van der Waals surface area contributed by atoms with Crippen molar-refractivity contribution in [3.63, 3.8) is 0 Å². The van der Waals surface area contributed by atoms with Gasteiger partial charge in [-0.05, 0) is 25.7 Å². The summed E-state index contributed by atoms with van der Waals surface area (Å²) in [7, 11) is 0. The monoisotopic (exact) mass is 282 g/mol. The van der Waals surface area contributed by atoms with Crippen LogP contribution >= 0.6 is 0 Å². The van der Waals surface area contributed by atoms with Gasteiger partial charge in [0.15, 0.2) is 6.29 Å². The van der Waals surface area contributed by atoms with Gasteiger partial charge in [-0.1, -0.05) is 12.2 Å². The summed E-state index contributed by atoms with van der Waals surface area (Å²) in [6.07, 6.45) is 7.23. The third kappa shape index (κ3) is 2.90. The van der Waals surface area contributed by atoms with Gasteiger partial charge in [-0.25, -0.2) is 0 Å². The molecule has 2 bridgehead atoms. The van der Waals surface area contributed by atoms with Crippen molar-refractivity contribution < 1.29 is 24.1 Å². The number of hydrogen-bond donors (Lipinski definition) is 1. The number of aliphatic hydroxyl groups excluding tert-OH is 1. The van der Waals surface area contributed by atoms with E-state index in [2.05, 4.69) is 0 Å². The van der Waals surface area contributed by atoms with Gasteiger partial charge >= 0.3 is 5.97 Å². The number of carbonyl (C=O) groups excluding carboxylic acids is 1. The highest BCUT2D eigenvalue weighted by atomic mass is 16.7. The molecule has 1 saturated carbocycles. The van der Waals surface area contributed by atoms with E-state index in [4.69, 9.17) is 14.2 Å². The van der Waals surface area contributed by atoms with E-state index in [1.165, 1.54) is 0 Å². The molecule has 112 valence electrons. The topological polar surface area (TPSA) is 65.0 Å². The fraction of sp³-hybridized carbons (Fsp3) is 0.800. The van der Waals surface area contributed by atoms with Gasteiger partial charge in [0.25, 0.3) is 0 Å².